The van der Waals surface area contributed by atoms with E-state index >= 15 is 0 Å². The average Bonchev–Trinajstić information content (AvgIpc) is 3.05. The first-order chi connectivity index (χ1) is 12.6. The molecule has 9 heteroatoms. The summed E-state index contributed by atoms with van der Waals surface area (Å²) >= 11 is 0. The van der Waals surface area contributed by atoms with Crippen molar-refractivity contribution in [3.05, 3.63) is 29.6 Å². The molecule has 2 atom stereocenters. The second-order valence-electron chi connectivity index (χ2n) is 6.73. The molecule has 0 bridgehead atoms. The molecule has 0 radical (unpaired) electrons. The number of piperidine rings is 1. The Morgan fingerprint density at radius 3 is 2.85 bits per heavy atom. The van der Waals surface area contributed by atoms with Gasteiger partial charge in [-0.25, -0.2) is 4.68 Å². The molecule has 2 aliphatic rings. The highest BCUT2D eigenvalue weighted by Crippen LogP contribution is 2.32. The van der Waals surface area contributed by atoms with Crippen LogP contribution in [-0.2, 0) is 0 Å². The van der Waals surface area contributed by atoms with E-state index in [-0.39, 0.29) is 30.4 Å². The summed E-state index contributed by atoms with van der Waals surface area (Å²) in [6.07, 6.45) is 2.02. The first kappa shape index (κ1) is 19.4. The number of benzene rings is 1. The van der Waals surface area contributed by atoms with Crippen molar-refractivity contribution in [2.45, 2.75) is 38.8 Å². The van der Waals surface area contributed by atoms with Crippen LogP contribution in [-0.4, -0.2) is 52.7 Å². The number of nitrogens with zero attached hydrogens (tertiary/aromatic N) is 3. The van der Waals surface area contributed by atoms with E-state index in [2.05, 4.69) is 27.9 Å². The summed E-state index contributed by atoms with van der Waals surface area (Å²) in [5.74, 6) is 1.21. The molecule has 2 unspecified atom stereocenters. The fourth-order valence-electron chi connectivity index (χ4n) is 3.43. The van der Waals surface area contributed by atoms with Crippen LogP contribution in [0.15, 0.2) is 18.2 Å². The Bertz CT molecular complexity index is 825. The van der Waals surface area contributed by atoms with Crippen LogP contribution in [0.3, 0.4) is 0 Å². The molecule has 4 rings (SSSR count). The number of hydrogen-bond donors (Lipinski definition) is 2. The van der Waals surface area contributed by atoms with Gasteiger partial charge in [-0.3, -0.25) is 4.79 Å². The van der Waals surface area contributed by atoms with Gasteiger partial charge in [0.2, 0.25) is 0 Å². The highest BCUT2D eigenvalue weighted by molar-refractivity contribution is 5.93. The number of carbonyl (C=O) groups excluding carboxylic acids is 1. The molecule has 0 aliphatic carbocycles. The van der Waals surface area contributed by atoms with Gasteiger partial charge in [0.05, 0.1) is 11.4 Å². The molecule has 27 heavy (non-hydrogen) atoms. The molecule has 3 heterocycles. The SMILES string of the molecule is Cc1c(C(=O)NC2CCCNC2C)nnn1-c1ccc2c(c1)OCCO2.Cl. The maximum absolute atomic E-state index is 12.7. The third-order valence-corrected chi connectivity index (χ3v) is 4.96. The fourth-order valence-corrected chi connectivity index (χ4v) is 3.43. The Labute approximate surface area is 164 Å². The summed E-state index contributed by atoms with van der Waals surface area (Å²) in [6.45, 7) is 5.99. The van der Waals surface area contributed by atoms with Gasteiger partial charge in [-0.05, 0) is 45.4 Å². The molecule has 1 saturated heterocycles. The van der Waals surface area contributed by atoms with E-state index < -0.39 is 0 Å². The minimum absolute atomic E-state index is 0. The van der Waals surface area contributed by atoms with E-state index in [1.807, 2.05) is 25.1 Å². The number of amides is 1. The van der Waals surface area contributed by atoms with Crippen molar-refractivity contribution in [1.29, 1.82) is 0 Å². The zero-order valence-electron chi connectivity index (χ0n) is 15.4. The first-order valence-electron chi connectivity index (χ1n) is 9.00. The van der Waals surface area contributed by atoms with Crippen LogP contribution in [0.25, 0.3) is 5.69 Å². The molecule has 0 saturated carbocycles. The van der Waals surface area contributed by atoms with Crippen LogP contribution in [0.5, 0.6) is 11.5 Å². The molecule has 2 aromatic rings. The monoisotopic (exact) mass is 393 g/mol. The molecule has 1 aromatic carbocycles. The number of carbonyl (C=O) groups is 1. The van der Waals surface area contributed by atoms with Gasteiger partial charge in [0, 0.05) is 18.2 Å². The summed E-state index contributed by atoms with van der Waals surface area (Å²) in [7, 11) is 0. The Morgan fingerprint density at radius 1 is 1.30 bits per heavy atom. The second-order valence-corrected chi connectivity index (χ2v) is 6.73. The quantitative estimate of drug-likeness (QED) is 0.823. The van der Waals surface area contributed by atoms with E-state index in [0.717, 1.165) is 30.8 Å². The van der Waals surface area contributed by atoms with Crippen LogP contribution in [0.4, 0.5) is 0 Å². The lowest BCUT2D eigenvalue weighted by atomic mass is 10.00. The molecular weight excluding hydrogens is 370 g/mol. The summed E-state index contributed by atoms with van der Waals surface area (Å²) in [4.78, 5) is 12.7. The first-order valence-corrected chi connectivity index (χ1v) is 9.00. The van der Waals surface area contributed by atoms with Gasteiger partial charge in [-0.1, -0.05) is 5.21 Å². The third-order valence-electron chi connectivity index (χ3n) is 4.96. The molecule has 2 N–H and O–H groups in total. The standard InChI is InChI=1S/C18H23N5O3.ClH/c1-11-14(4-3-7-19-11)20-18(24)17-12(2)23(22-21-17)13-5-6-15-16(10-13)26-9-8-25-15;/h5-6,10-11,14,19H,3-4,7-9H2,1-2H3,(H,20,24);1H. The van der Waals surface area contributed by atoms with Crippen LogP contribution in [0.2, 0.25) is 0 Å². The lowest BCUT2D eigenvalue weighted by molar-refractivity contribution is 0.0914. The maximum Gasteiger partial charge on any atom is 0.274 e. The van der Waals surface area contributed by atoms with E-state index in [1.165, 1.54) is 0 Å². The summed E-state index contributed by atoms with van der Waals surface area (Å²) in [5.41, 5.74) is 1.82. The maximum atomic E-state index is 12.7. The summed E-state index contributed by atoms with van der Waals surface area (Å²) in [5, 5.41) is 14.7. The van der Waals surface area contributed by atoms with Crippen LogP contribution in [0.1, 0.15) is 35.9 Å². The number of rotatable bonds is 3. The zero-order chi connectivity index (χ0) is 18.1. The number of hydrogen-bond acceptors (Lipinski definition) is 6. The van der Waals surface area contributed by atoms with Gasteiger partial charge in [0.15, 0.2) is 17.2 Å². The molecule has 1 aromatic heterocycles. The summed E-state index contributed by atoms with van der Waals surface area (Å²) < 4.78 is 12.8. The smallest absolute Gasteiger partial charge is 0.274 e. The Balaban J connectivity index is 0.00000210. The van der Waals surface area contributed by atoms with Crippen molar-refractivity contribution in [2.75, 3.05) is 19.8 Å². The normalized spacial score (nSPS) is 21.3. The molecule has 2 aliphatic heterocycles. The highest BCUT2D eigenvalue weighted by atomic mass is 35.5. The molecule has 8 nitrogen and oxygen atoms in total. The Kier molecular flexibility index (Phi) is 5.86. The lowest BCUT2D eigenvalue weighted by Gasteiger charge is -2.30. The molecular formula is C18H24ClN5O3. The van der Waals surface area contributed by atoms with Gasteiger partial charge in [0.1, 0.15) is 13.2 Å². The van der Waals surface area contributed by atoms with Crippen LogP contribution >= 0.6 is 12.4 Å². The Hall–Kier alpha value is -2.32. The average molecular weight is 394 g/mol. The number of ether oxygens (including phenoxy) is 2. The van der Waals surface area contributed by atoms with Crippen LogP contribution < -0.4 is 20.1 Å². The minimum Gasteiger partial charge on any atom is -0.486 e. The van der Waals surface area contributed by atoms with Crippen molar-refractivity contribution in [3.63, 3.8) is 0 Å². The molecule has 1 amide bonds. The van der Waals surface area contributed by atoms with E-state index in [4.69, 9.17) is 9.47 Å². The van der Waals surface area contributed by atoms with Crippen molar-refractivity contribution in [1.82, 2.24) is 25.6 Å². The van der Waals surface area contributed by atoms with Gasteiger partial charge in [0.25, 0.3) is 5.91 Å². The van der Waals surface area contributed by atoms with Gasteiger partial charge in [-0.15, -0.1) is 17.5 Å². The molecule has 0 spiro atoms. The lowest BCUT2D eigenvalue weighted by Crippen LogP contribution is -2.52. The number of aromatic nitrogens is 3. The zero-order valence-corrected chi connectivity index (χ0v) is 16.2. The van der Waals surface area contributed by atoms with Crippen molar-refractivity contribution >= 4 is 18.3 Å². The minimum atomic E-state index is -0.188. The highest BCUT2D eigenvalue weighted by Gasteiger charge is 2.26. The largest absolute Gasteiger partial charge is 0.486 e. The van der Waals surface area contributed by atoms with E-state index in [9.17, 15) is 4.79 Å². The van der Waals surface area contributed by atoms with E-state index in [0.29, 0.717) is 30.4 Å². The van der Waals surface area contributed by atoms with Crippen molar-refractivity contribution < 1.29 is 14.3 Å². The number of fused-ring (bicyclic) bond motifs is 1. The Morgan fingerprint density at radius 2 is 2.07 bits per heavy atom. The second kappa shape index (κ2) is 8.14. The van der Waals surface area contributed by atoms with Crippen molar-refractivity contribution in [2.24, 2.45) is 0 Å². The third kappa shape index (κ3) is 3.86. The van der Waals surface area contributed by atoms with Gasteiger partial charge >= 0.3 is 0 Å². The number of nitrogens with one attached hydrogen (secondary N) is 2. The van der Waals surface area contributed by atoms with Crippen molar-refractivity contribution in [3.8, 4) is 17.2 Å². The van der Waals surface area contributed by atoms with Gasteiger partial charge in [-0.2, -0.15) is 0 Å². The molecule has 146 valence electrons. The fraction of sp³-hybridized carbons (Fsp3) is 0.500. The topological polar surface area (TPSA) is 90.3 Å². The predicted octanol–water partition coefficient (Wildman–Crippen LogP) is 1.64. The van der Waals surface area contributed by atoms with E-state index in [1.54, 1.807) is 4.68 Å². The summed E-state index contributed by atoms with van der Waals surface area (Å²) in [6, 6.07) is 5.94. The van der Waals surface area contributed by atoms with Gasteiger partial charge < -0.3 is 20.1 Å². The number of halogens is 1. The predicted molar refractivity (Wildman–Crippen MR) is 102 cm³/mol. The van der Waals surface area contributed by atoms with Crippen LogP contribution in [0, 0.1) is 6.92 Å². The molecule has 1 fully saturated rings.